The molecule has 100 valence electrons. The van der Waals surface area contributed by atoms with Crippen LogP contribution in [0.25, 0.3) is 0 Å². The number of hydrogen-bond acceptors (Lipinski definition) is 2. The van der Waals surface area contributed by atoms with Gasteiger partial charge in [0.25, 0.3) is 0 Å². The largest absolute Gasteiger partial charge is 0.385 e. The van der Waals surface area contributed by atoms with Crippen molar-refractivity contribution in [3.05, 3.63) is 47.3 Å². The van der Waals surface area contributed by atoms with Crippen molar-refractivity contribution in [2.75, 3.05) is 11.9 Å². The molecule has 3 heteroatoms. The van der Waals surface area contributed by atoms with E-state index in [9.17, 15) is 0 Å². The zero-order valence-corrected chi connectivity index (χ0v) is 11.7. The van der Waals surface area contributed by atoms with E-state index in [2.05, 4.69) is 54.7 Å². The fourth-order valence-corrected chi connectivity index (χ4v) is 2.88. The molecule has 0 aliphatic carbocycles. The Morgan fingerprint density at radius 3 is 3.00 bits per heavy atom. The van der Waals surface area contributed by atoms with Crippen LogP contribution in [-0.4, -0.2) is 16.3 Å². The maximum absolute atomic E-state index is 4.54. The number of benzene rings is 1. The lowest BCUT2D eigenvalue weighted by molar-refractivity contribution is 0.512. The van der Waals surface area contributed by atoms with E-state index in [0.29, 0.717) is 5.92 Å². The normalized spacial score (nSPS) is 17.9. The molecule has 1 aromatic heterocycles. The maximum Gasteiger partial charge on any atom is 0.0624 e. The topological polar surface area (TPSA) is 29.9 Å². The summed E-state index contributed by atoms with van der Waals surface area (Å²) in [5, 5.41) is 8.08. The second-order valence-corrected chi connectivity index (χ2v) is 5.42. The molecule has 0 fully saturated rings. The highest BCUT2D eigenvalue weighted by atomic mass is 15.3. The number of rotatable bonds is 3. The average Bonchev–Trinajstić information content (AvgIpc) is 2.79. The fourth-order valence-electron chi connectivity index (χ4n) is 2.88. The van der Waals surface area contributed by atoms with Gasteiger partial charge in [-0.25, -0.2) is 0 Å². The van der Waals surface area contributed by atoms with Gasteiger partial charge in [0.2, 0.25) is 0 Å². The van der Waals surface area contributed by atoms with Gasteiger partial charge in [-0.1, -0.05) is 25.1 Å². The van der Waals surface area contributed by atoms with Crippen LogP contribution >= 0.6 is 0 Å². The molecule has 1 aliphatic heterocycles. The predicted molar refractivity (Wildman–Crippen MR) is 78.4 cm³/mol. The van der Waals surface area contributed by atoms with E-state index in [0.717, 1.165) is 25.8 Å². The Balaban J connectivity index is 1.73. The summed E-state index contributed by atoms with van der Waals surface area (Å²) in [6.45, 7) is 3.22. The van der Waals surface area contributed by atoms with Gasteiger partial charge in [-0.05, 0) is 42.9 Å². The lowest BCUT2D eigenvalue weighted by Gasteiger charge is -2.26. The Labute approximate surface area is 114 Å². The van der Waals surface area contributed by atoms with Crippen LogP contribution in [-0.2, 0) is 26.3 Å². The Hall–Kier alpha value is -1.77. The number of nitrogens with zero attached hydrogens (tertiary/aromatic N) is 2. The van der Waals surface area contributed by atoms with Gasteiger partial charge < -0.3 is 5.32 Å². The standard InChI is InChI=1S/C16H21N3/c1-3-14-10-15(19(2)18-14)9-12-8-13-6-4-5-7-16(13)17-11-12/h4-7,10,12,17H,3,8-9,11H2,1-2H3. The second-order valence-electron chi connectivity index (χ2n) is 5.42. The number of nitrogens with one attached hydrogen (secondary N) is 1. The molecule has 1 atom stereocenters. The Kier molecular flexibility index (Phi) is 3.28. The average molecular weight is 255 g/mol. The third-order valence-electron chi connectivity index (χ3n) is 3.99. The van der Waals surface area contributed by atoms with E-state index >= 15 is 0 Å². The molecule has 0 radical (unpaired) electrons. The highest BCUT2D eigenvalue weighted by Crippen LogP contribution is 2.26. The number of para-hydroxylation sites is 1. The van der Waals surface area contributed by atoms with Crippen LogP contribution in [0, 0.1) is 5.92 Å². The zero-order chi connectivity index (χ0) is 13.2. The quantitative estimate of drug-likeness (QED) is 0.914. The van der Waals surface area contributed by atoms with E-state index in [1.54, 1.807) is 0 Å². The molecule has 0 spiro atoms. The molecular weight excluding hydrogens is 234 g/mol. The van der Waals surface area contributed by atoms with Crippen molar-refractivity contribution >= 4 is 5.69 Å². The summed E-state index contributed by atoms with van der Waals surface area (Å²) in [7, 11) is 2.05. The Bertz CT molecular complexity index is 571. The summed E-state index contributed by atoms with van der Waals surface area (Å²) >= 11 is 0. The van der Waals surface area contributed by atoms with Crippen molar-refractivity contribution in [1.29, 1.82) is 0 Å². The fraction of sp³-hybridized carbons (Fsp3) is 0.438. The van der Waals surface area contributed by atoms with Crippen LogP contribution in [0.2, 0.25) is 0 Å². The van der Waals surface area contributed by atoms with Crippen molar-refractivity contribution in [3.8, 4) is 0 Å². The van der Waals surface area contributed by atoms with Crippen LogP contribution in [0.3, 0.4) is 0 Å². The lowest BCUT2D eigenvalue weighted by atomic mass is 9.90. The monoisotopic (exact) mass is 255 g/mol. The second kappa shape index (κ2) is 5.08. The lowest BCUT2D eigenvalue weighted by Crippen LogP contribution is -2.25. The van der Waals surface area contributed by atoms with Crippen LogP contribution in [0.5, 0.6) is 0 Å². The smallest absolute Gasteiger partial charge is 0.0624 e. The first-order valence-corrected chi connectivity index (χ1v) is 7.10. The number of hydrogen-bond donors (Lipinski definition) is 1. The Morgan fingerprint density at radius 2 is 2.21 bits per heavy atom. The summed E-state index contributed by atoms with van der Waals surface area (Å²) in [5.41, 5.74) is 5.29. The minimum absolute atomic E-state index is 0.662. The molecule has 19 heavy (non-hydrogen) atoms. The van der Waals surface area contributed by atoms with Crippen LogP contribution in [0.15, 0.2) is 30.3 Å². The van der Waals surface area contributed by atoms with Gasteiger partial charge in [-0.3, -0.25) is 4.68 Å². The van der Waals surface area contributed by atoms with Crippen LogP contribution in [0.4, 0.5) is 5.69 Å². The van der Waals surface area contributed by atoms with Gasteiger partial charge in [-0.15, -0.1) is 0 Å². The minimum atomic E-state index is 0.662. The first kappa shape index (κ1) is 12.3. The molecular formula is C16H21N3. The Morgan fingerprint density at radius 1 is 1.37 bits per heavy atom. The molecule has 0 saturated carbocycles. The first-order chi connectivity index (χ1) is 9.26. The zero-order valence-electron chi connectivity index (χ0n) is 11.7. The molecule has 0 bridgehead atoms. The van der Waals surface area contributed by atoms with E-state index in [-0.39, 0.29) is 0 Å². The van der Waals surface area contributed by atoms with Crippen molar-refractivity contribution in [3.63, 3.8) is 0 Å². The van der Waals surface area contributed by atoms with Gasteiger partial charge >= 0.3 is 0 Å². The molecule has 3 nitrogen and oxygen atoms in total. The SMILES string of the molecule is CCc1cc(CC2CNc3ccccc3C2)n(C)n1. The number of fused-ring (bicyclic) bond motifs is 1. The summed E-state index contributed by atoms with van der Waals surface area (Å²) in [6.07, 6.45) is 3.28. The number of aryl methyl sites for hydroxylation is 2. The summed E-state index contributed by atoms with van der Waals surface area (Å²) < 4.78 is 2.04. The van der Waals surface area contributed by atoms with E-state index in [1.165, 1.54) is 22.6 Å². The van der Waals surface area contributed by atoms with Crippen LogP contribution in [0.1, 0.15) is 23.9 Å². The highest BCUT2D eigenvalue weighted by molar-refractivity contribution is 5.53. The maximum atomic E-state index is 4.54. The minimum Gasteiger partial charge on any atom is -0.385 e. The molecule has 1 aromatic carbocycles. The summed E-state index contributed by atoms with van der Waals surface area (Å²) in [6, 6.07) is 10.9. The molecule has 1 N–H and O–H groups in total. The van der Waals surface area contributed by atoms with E-state index in [4.69, 9.17) is 0 Å². The van der Waals surface area contributed by atoms with Crippen molar-refractivity contribution < 1.29 is 0 Å². The summed E-state index contributed by atoms with van der Waals surface area (Å²) in [5.74, 6) is 0.662. The van der Waals surface area contributed by atoms with E-state index in [1.807, 2.05) is 4.68 Å². The first-order valence-electron chi connectivity index (χ1n) is 7.10. The van der Waals surface area contributed by atoms with Crippen molar-refractivity contribution in [2.45, 2.75) is 26.2 Å². The van der Waals surface area contributed by atoms with Gasteiger partial charge in [-0.2, -0.15) is 5.10 Å². The van der Waals surface area contributed by atoms with Gasteiger partial charge in [0.05, 0.1) is 5.69 Å². The molecule has 2 aromatic rings. The molecule has 1 unspecified atom stereocenters. The molecule has 1 aliphatic rings. The van der Waals surface area contributed by atoms with Gasteiger partial charge in [0, 0.05) is 25.0 Å². The molecule has 0 saturated heterocycles. The molecule has 3 rings (SSSR count). The van der Waals surface area contributed by atoms with Crippen molar-refractivity contribution in [1.82, 2.24) is 9.78 Å². The number of anilines is 1. The third kappa shape index (κ3) is 2.50. The van der Waals surface area contributed by atoms with E-state index < -0.39 is 0 Å². The van der Waals surface area contributed by atoms with Crippen molar-refractivity contribution in [2.24, 2.45) is 13.0 Å². The predicted octanol–water partition coefficient (Wildman–Crippen LogP) is 2.81. The van der Waals surface area contributed by atoms with Crippen LogP contribution < -0.4 is 5.32 Å². The molecule has 2 heterocycles. The van der Waals surface area contributed by atoms with Gasteiger partial charge in [0.15, 0.2) is 0 Å². The summed E-state index contributed by atoms with van der Waals surface area (Å²) in [4.78, 5) is 0. The number of aromatic nitrogens is 2. The molecule has 0 amide bonds. The van der Waals surface area contributed by atoms with Gasteiger partial charge in [0.1, 0.15) is 0 Å². The third-order valence-corrected chi connectivity index (χ3v) is 3.99. The highest BCUT2D eigenvalue weighted by Gasteiger charge is 2.19.